The van der Waals surface area contributed by atoms with Crippen molar-refractivity contribution in [3.05, 3.63) is 23.8 Å². The van der Waals surface area contributed by atoms with Crippen LogP contribution in [-0.2, 0) is 9.84 Å². The monoisotopic (exact) mass is 257 g/mol. The van der Waals surface area contributed by atoms with E-state index in [9.17, 15) is 8.42 Å². The molecular weight excluding hydrogens is 238 g/mol. The SMILES string of the molecule is COc1ccc(S(=O)(=O)CCCCN)c(C)c1. The fourth-order valence-corrected chi connectivity index (χ4v) is 3.27. The molecule has 0 aromatic heterocycles. The Morgan fingerprint density at radius 3 is 2.53 bits per heavy atom. The molecule has 0 spiro atoms. The molecule has 1 aromatic rings. The van der Waals surface area contributed by atoms with Crippen molar-refractivity contribution in [2.45, 2.75) is 24.7 Å². The van der Waals surface area contributed by atoms with Crippen molar-refractivity contribution in [3.8, 4) is 5.75 Å². The zero-order valence-electron chi connectivity index (χ0n) is 10.3. The van der Waals surface area contributed by atoms with Crippen LogP contribution < -0.4 is 10.5 Å². The lowest BCUT2D eigenvalue weighted by atomic mass is 10.2. The number of nitrogens with two attached hydrogens (primary N) is 1. The zero-order valence-corrected chi connectivity index (χ0v) is 11.1. The zero-order chi connectivity index (χ0) is 12.9. The summed E-state index contributed by atoms with van der Waals surface area (Å²) in [6, 6.07) is 5.00. The predicted molar refractivity (Wildman–Crippen MR) is 68.1 cm³/mol. The van der Waals surface area contributed by atoms with Gasteiger partial charge in [-0.15, -0.1) is 0 Å². The minimum atomic E-state index is -3.20. The van der Waals surface area contributed by atoms with Gasteiger partial charge in [-0.3, -0.25) is 0 Å². The maximum absolute atomic E-state index is 12.0. The van der Waals surface area contributed by atoms with Gasteiger partial charge < -0.3 is 10.5 Å². The average molecular weight is 257 g/mol. The summed E-state index contributed by atoms with van der Waals surface area (Å²) in [6.45, 7) is 2.30. The van der Waals surface area contributed by atoms with Gasteiger partial charge in [0, 0.05) is 0 Å². The Morgan fingerprint density at radius 2 is 2.00 bits per heavy atom. The van der Waals surface area contributed by atoms with E-state index in [1.54, 1.807) is 32.2 Å². The number of hydrogen-bond acceptors (Lipinski definition) is 4. The highest BCUT2D eigenvalue weighted by atomic mass is 32.2. The first-order valence-corrected chi connectivity index (χ1v) is 7.24. The van der Waals surface area contributed by atoms with Gasteiger partial charge in [0.1, 0.15) is 5.75 Å². The third kappa shape index (κ3) is 3.71. The average Bonchev–Trinajstić information content (AvgIpc) is 2.28. The smallest absolute Gasteiger partial charge is 0.178 e. The summed E-state index contributed by atoms with van der Waals surface area (Å²) in [4.78, 5) is 0.385. The lowest BCUT2D eigenvalue weighted by Crippen LogP contribution is -2.10. The molecule has 5 heteroatoms. The summed E-state index contributed by atoms with van der Waals surface area (Å²) in [5.41, 5.74) is 6.07. The third-order valence-electron chi connectivity index (χ3n) is 2.58. The van der Waals surface area contributed by atoms with Gasteiger partial charge in [-0.05, 0) is 50.1 Å². The Bertz CT molecular complexity index is 469. The van der Waals surface area contributed by atoms with Crippen LogP contribution in [0.5, 0.6) is 5.75 Å². The second-order valence-electron chi connectivity index (χ2n) is 3.95. The van der Waals surface area contributed by atoms with Crippen LogP contribution in [0.3, 0.4) is 0 Å². The predicted octanol–water partition coefficient (Wildman–Crippen LogP) is 1.52. The van der Waals surface area contributed by atoms with Crippen LogP contribution in [-0.4, -0.2) is 27.8 Å². The highest BCUT2D eigenvalue weighted by Gasteiger charge is 2.16. The van der Waals surface area contributed by atoms with E-state index in [1.807, 2.05) is 0 Å². The van der Waals surface area contributed by atoms with Gasteiger partial charge in [0.15, 0.2) is 9.84 Å². The second kappa shape index (κ2) is 6.02. The lowest BCUT2D eigenvalue weighted by molar-refractivity contribution is 0.414. The summed E-state index contributed by atoms with van der Waals surface area (Å²) >= 11 is 0. The molecule has 0 aliphatic carbocycles. The van der Waals surface area contributed by atoms with Gasteiger partial charge in [0.2, 0.25) is 0 Å². The van der Waals surface area contributed by atoms with E-state index in [0.29, 0.717) is 23.6 Å². The molecule has 96 valence electrons. The normalized spacial score (nSPS) is 11.5. The largest absolute Gasteiger partial charge is 0.497 e. The van der Waals surface area contributed by atoms with E-state index in [4.69, 9.17) is 10.5 Å². The third-order valence-corrected chi connectivity index (χ3v) is 4.54. The molecule has 2 N–H and O–H groups in total. The lowest BCUT2D eigenvalue weighted by Gasteiger charge is -2.09. The van der Waals surface area contributed by atoms with E-state index in [-0.39, 0.29) is 5.75 Å². The summed E-state index contributed by atoms with van der Waals surface area (Å²) in [5.74, 6) is 0.820. The molecule has 0 bridgehead atoms. The van der Waals surface area contributed by atoms with E-state index in [0.717, 1.165) is 12.0 Å². The van der Waals surface area contributed by atoms with Gasteiger partial charge in [0.05, 0.1) is 17.8 Å². The van der Waals surface area contributed by atoms with Crippen molar-refractivity contribution in [3.63, 3.8) is 0 Å². The second-order valence-corrected chi connectivity index (χ2v) is 6.02. The van der Waals surface area contributed by atoms with Crippen LogP contribution in [0.1, 0.15) is 18.4 Å². The number of sulfone groups is 1. The number of unbranched alkanes of at least 4 members (excludes halogenated alkanes) is 1. The standard InChI is InChI=1S/C12H19NO3S/c1-10-9-11(16-2)5-6-12(10)17(14,15)8-4-3-7-13/h5-6,9H,3-4,7-8,13H2,1-2H3. The highest BCUT2D eigenvalue weighted by Crippen LogP contribution is 2.22. The van der Waals surface area contributed by atoms with E-state index in [1.165, 1.54) is 0 Å². The van der Waals surface area contributed by atoms with Crippen LogP contribution in [0, 0.1) is 6.92 Å². The molecular formula is C12H19NO3S. The first-order valence-electron chi connectivity index (χ1n) is 5.58. The molecule has 0 aliphatic heterocycles. The summed E-state index contributed by atoms with van der Waals surface area (Å²) < 4.78 is 29.1. The number of ether oxygens (including phenoxy) is 1. The minimum Gasteiger partial charge on any atom is -0.497 e. The Labute approximate surface area is 103 Å². The van der Waals surface area contributed by atoms with E-state index >= 15 is 0 Å². The Morgan fingerprint density at radius 1 is 1.29 bits per heavy atom. The summed E-state index contributed by atoms with van der Waals surface area (Å²) in [6.07, 6.45) is 1.33. The van der Waals surface area contributed by atoms with Gasteiger partial charge in [-0.1, -0.05) is 0 Å². The van der Waals surface area contributed by atoms with Gasteiger partial charge in [-0.25, -0.2) is 8.42 Å². The highest BCUT2D eigenvalue weighted by molar-refractivity contribution is 7.91. The van der Waals surface area contributed by atoms with Crippen molar-refractivity contribution < 1.29 is 13.2 Å². The minimum absolute atomic E-state index is 0.150. The van der Waals surface area contributed by atoms with Gasteiger partial charge in [0.25, 0.3) is 0 Å². The van der Waals surface area contributed by atoms with Crippen molar-refractivity contribution in [2.75, 3.05) is 19.4 Å². The number of aryl methyl sites for hydroxylation is 1. The first kappa shape index (κ1) is 14.0. The number of methoxy groups -OCH3 is 1. The molecule has 0 unspecified atom stereocenters. The molecule has 0 aliphatic rings. The van der Waals surface area contributed by atoms with Crippen LogP contribution in [0.25, 0.3) is 0 Å². The Kier molecular flexibility index (Phi) is 4.96. The van der Waals surface area contributed by atoms with Gasteiger partial charge >= 0.3 is 0 Å². The van der Waals surface area contributed by atoms with E-state index in [2.05, 4.69) is 0 Å². The molecule has 1 rings (SSSR count). The van der Waals surface area contributed by atoms with Crippen molar-refractivity contribution in [1.82, 2.24) is 0 Å². The Hall–Kier alpha value is -1.07. The molecule has 4 nitrogen and oxygen atoms in total. The Balaban J connectivity index is 2.91. The van der Waals surface area contributed by atoms with Crippen LogP contribution in [0.15, 0.2) is 23.1 Å². The van der Waals surface area contributed by atoms with Crippen LogP contribution in [0.4, 0.5) is 0 Å². The molecule has 0 radical (unpaired) electrons. The first-order chi connectivity index (χ1) is 8.01. The molecule has 0 fully saturated rings. The van der Waals surface area contributed by atoms with Crippen molar-refractivity contribution in [2.24, 2.45) is 5.73 Å². The van der Waals surface area contributed by atoms with Crippen LogP contribution >= 0.6 is 0 Å². The number of benzene rings is 1. The molecule has 1 aromatic carbocycles. The fraction of sp³-hybridized carbons (Fsp3) is 0.500. The quantitative estimate of drug-likeness (QED) is 0.784. The van der Waals surface area contributed by atoms with E-state index < -0.39 is 9.84 Å². The number of rotatable bonds is 6. The topological polar surface area (TPSA) is 69.4 Å². The molecule has 0 amide bonds. The summed E-state index contributed by atoms with van der Waals surface area (Å²) in [7, 11) is -1.64. The number of hydrogen-bond donors (Lipinski definition) is 1. The maximum atomic E-state index is 12.0. The molecule has 17 heavy (non-hydrogen) atoms. The van der Waals surface area contributed by atoms with Crippen molar-refractivity contribution in [1.29, 1.82) is 0 Å². The molecule has 0 heterocycles. The molecule has 0 saturated carbocycles. The summed E-state index contributed by atoms with van der Waals surface area (Å²) in [5, 5.41) is 0. The molecule has 0 saturated heterocycles. The molecule has 0 atom stereocenters. The van der Waals surface area contributed by atoms with Gasteiger partial charge in [-0.2, -0.15) is 0 Å². The fourth-order valence-electron chi connectivity index (χ4n) is 1.64. The maximum Gasteiger partial charge on any atom is 0.178 e. The van der Waals surface area contributed by atoms with Crippen LogP contribution in [0.2, 0.25) is 0 Å². The van der Waals surface area contributed by atoms with Crippen molar-refractivity contribution >= 4 is 9.84 Å².